The van der Waals surface area contributed by atoms with Gasteiger partial charge in [0, 0.05) is 27.7 Å². The van der Waals surface area contributed by atoms with Gasteiger partial charge in [0.25, 0.3) is 0 Å². The van der Waals surface area contributed by atoms with E-state index in [1.165, 1.54) is 33.0 Å². The van der Waals surface area contributed by atoms with Crippen molar-refractivity contribution in [1.82, 2.24) is 9.97 Å². The van der Waals surface area contributed by atoms with Gasteiger partial charge < -0.3 is 5.11 Å². The first-order chi connectivity index (χ1) is 27.4. The van der Waals surface area contributed by atoms with E-state index in [0.29, 0.717) is 5.82 Å². The van der Waals surface area contributed by atoms with Crippen molar-refractivity contribution in [3.05, 3.63) is 199 Å². The van der Waals surface area contributed by atoms with Gasteiger partial charge in [-0.25, -0.2) is 9.97 Å². The van der Waals surface area contributed by atoms with Crippen LogP contribution in [0.3, 0.4) is 0 Å². The summed E-state index contributed by atoms with van der Waals surface area (Å²) < 4.78 is 0. The number of aromatic nitrogens is 2. The molecule has 8 aromatic carbocycles. The second-order valence-corrected chi connectivity index (χ2v) is 15.2. The first-order valence-electron chi connectivity index (χ1n) is 19.1. The van der Waals surface area contributed by atoms with E-state index in [1.807, 2.05) is 42.5 Å². The summed E-state index contributed by atoms with van der Waals surface area (Å²) in [7, 11) is 0. The standard InChI is InChI=1S/C53H38N2O/c1-53(2)47-21-10-8-20-45(47)46-26-25-40(32-48(46)53)49-33-50(55-52(54-49)35-14-4-3-5-15-35)43-30-41(37-17-12-18-39(28-37)44-19-9-11-22-51(44)56)29-42(31-43)38-24-23-34-13-6-7-16-36(34)27-38/h3-33,56H,1-2H3. The molecule has 3 heteroatoms. The average Bonchev–Trinajstić information content (AvgIpc) is 3.49. The summed E-state index contributed by atoms with van der Waals surface area (Å²) in [6.07, 6.45) is 0. The van der Waals surface area contributed by atoms with Crippen molar-refractivity contribution in [2.75, 3.05) is 0 Å². The van der Waals surface area contributed by atoms with Crippen LogP contribution >= 0.6 is 0 Å². The number of nitrogens with zero attached hydrogens (tertiary/aromatic N) is 2. The minimum atomic E-state index is -0.131. The molecule has 0 fully saturated rings. The predicted octanol–water partition coefficient (Wildman–Crippen LogP) is 13.6. The normalized spacial score (nSPS) is 12.7. The molecule has 266 valence electrons. The molecule has 0 aliphatic heterocycles. The number of rotatable bonds is 6. The SMILES string of the molecule is CC1(C)c2ccccc2-c2ccc(-c3cc(-c4cc(-c5cccc(-c6ccccc6O)c5)cc(-c5ccc6ccccc6c5)c4)nc(-c4ccccc4)n3)cc21. The van der Waals surface area contributed by atoms with E-state index in [-0.39, 0.29) is 11.2 Å². The molecule has 1 aromatic heterocycles. The van der Waals surface area contributed by atoms with Gasteiger partial charge in [-0.1, -0.05) is 153 Å². The van der Waals surface area contributed by atoms with Gasteiger partial charge in [-0.15, -0.1) is 0 Å². The van der Waals surface area contributed by atoms with Crippen molar-refractivity contribution in [2.24, 2.45) is 0 Å². The molecule has 0 unspecified atom stereocenters. The Morgan fingerprint density at radius 2 is 0.929 bits per heavy atom. The first-order valence-corrected chi connectivity index (χ1v) is 19.1. The molecule has 0 amide bonds. The average molecular weight is 719 g/mol. The van der Waals surface area contributed by atoms with Crippen molar-refractivity contribution >= 4 is 10.8 Å². The summed E-state index contributed by atoms with van der Waals surface area (Å²) >= 11 is 0. The Balaban J connectivity index is 1.17. The van der Waals surface area contributed by atoms with Crippen LogP contribution in [0.25, 0.3) is 89.2 Å². The lowest BCUT2D eigenvalue weighted by molar-refractivity contribution is 0.477. The minimum Gasteiger partial charge on any atom is -0.507 e. The van der Waals surface area contributed by atoms with Gasteiger partial charge in [0.15, 0.2) is 5.82 Å². The second-order valence-electron chi connectivity index (χ2n) is 15.2. The molecule has 3 nitrogen and oxygen atoms in total. The molecule has 1 aliphatic carbocycles. The number of hydrogen-bond acceptors (Lipinski definition) is 3. The van der Waals surface area contributed by atoms with Gasteiger partial charge in [0.05, 0.1) is 11.4 Å². The molecule has 0 radical (unpaired) electrons. The maximum absolute atomic E-state index is 10.7. The first kappa shape index (κ1) is 33.5. The van der Waals surface area contributed by atoms with Gasteiger partial charge in [-0.2, -0.15) is 0 Å². The Morgan fingerprint density at radius 3 is 1.73 bits per heavy atom. The molecule has 1 N–H and O–H groups in total. The number of benzene rings is 8. The highest BCUT2D eigenvalue weighted by Crippen LogP contribution is 2.49. The molecule has 1 aliphatic rings. The van der Waals surface area contributed by atoms with Crippen LogP contribution in [-0.4, -0.2) is 15.1 Å². The highest BCUT2D eigenvalue weighted by Gasteiger charge is 2.35. The molecular formula is C53H38N2O. The topological polar surface area (TPSA) is 46.0 Å². The fraction of sp³-hybridized carbons (Fsp3) is 0.0566. The van der Waals surface area contributed by atoms with E-state index in [0.717, 1.165) is 61.5 Å². The van der Waals surface area contributed by atoms with Crippen LogP contribution in [0.15, 0.2) is 188 Å². The van der Waals surface area contributed by atoms with Crippen molar-refractivity contribution in [3.8, 4) is 84.2 Å². The lowest BCUT2D eigenvalue weighted by Gasteiger charge is -2.22. The molecule has 56 heavy (non-hydrogen) atoms. The maximum atomic E-state index is 10.7. The van der Waals surface area contributed by atoms with E-state index in [4.69, 9.17) is 9.97 Å². The Kier molecular flexibility index (Phi) is 7.97. The number of phenolic OH excluding ortho intramolecular Hbond substituents is 1. The number of phenols is 1. The Labute approximate surface area is 327 Å². The predicted molar refractivity (Wildman–Crippen MR) is 231 cm³/mol. The fourth-order valence-corrected chi connectivity index (χ4v) is 8.38. The van der Waals surface area contributed by atoms with Gasteiger partial charge >= 0.3 is 0 Å². The van der Waals surface area contributed by atoms with Crippen molar-refractivity contribution in [2.45, 2.75) is 19.3 Å². The van der Waals surface area contributed by atoms with Crippen LogP contribution in [0.4, 0.5) is 0 Å². The van der Waals surface area contributed by atoms with Crippen LogP contribution in [0, 0.1) is 0 Å². The Hall–Kier alpha value is -7.10. The molecule has 0 bridgehead atoms. The van der Waals surface area contributed by atoms with E-state index in [2.05, 4.69) is 153 Å². The van der Waals surface area contributed by atoms with Crippen molar-refractivity contribution in [3.63, 3.8) is 0 Å². The van der Waals surface area contributed by atoms with Crippen LogP contribution in [0.5, 0.6) is 5.75 Å². The third kappa shape index (κ3) is 5.86. The molecular weight excluding hydrogens is 681 g/mol. The summed E-state index contributed by atoms with van der Waals surface area (Å²) in [6, 6.07) is 65.7. The molecule has 0 atom stereocenters. The van der Waals surface area contributed by atoms with Crippen LogP contribution in [0.2, 0.25) is 0 Å². The smallest absolute Gasteiger partial charge is 0.160 e. The number of fused-ring (bicyclic) bond motifs is 4. The zero-order valence-electron chi connectivity index (χ0n) is 31.2. The summed E-state index contributed by atoms with van der Waals surface area (Å²) in [5, 5.41) is 13.1. The lowest BCUT2D eigenvalue weighted by atomic mass is 9.82. The zero-order chi connectivity index (χ0) is 37.8. The summed E-state index contributed by atoms with van der Waals surface area (Å²) in [4.78, 5) is 10.5. The highest BCUT2D eigenvalue weighted by molar-refractivity contribution is 5.90. The third-order valence-corrected chi connectivity index (χ3v) is 11.4. The Morgan fingerprint density at radius 1 is 0.357 bits per heavy atom. The molecule has 0 saturated carbocycles. The van der Waals surface area contributed by atoms with Gasteiger partial charge in [-0.3, -0.25) is 0 Å². The monoisotopic (exact) mass is 718 g/mol. The molecule has 10 rings (SSSR count). The van der Waals surface area contributed by atoms with Crippen LogP contribution < -0.4 is 0 Å². The van der Waals surface area contributed by atoms with E-state index in [1.54, 1.807) is 6.07 Å². The quantitative estimate of drug-likeness (QED) is 0.186. The van der Waals surface area contributed by atoms with Crippen LogP contribution in [-0.2, 0) is 5.41 Å². The molecule has 1 heterocycles. The lowest BCUT2D eigenvalue weighted by Crippen LogP contribution is -2.14. The van der Waals surface area contributed by atoms with E-state index >= 15 is 0 Å². The highest BCUT2D eigenvalue weighted by atomic mass is 16.3. The maximum Gasteiger partial charge on any atom is 0.160 e. The summed E-state index contributed by atoms with van der Waals surface area (Å²) in [5.41, 5.74) is 15.9. The van der Waals surface area contributed by atoms with E-state index in [9.17, 15) is 5.11 Å². The second kappa shape index (κ2) is 13.3. The zero-order valence-corrected chi connectivity index (χ0v) is 31.2. The Bertz CT molecular complexity index is 2960. The molecule has 9 aromatic rings. The summed E-state index contributed by atoms with van der Waals surface area (Å²) in [5.74, 6) is 0.941. The number of aromatic hydroxyl groups is 1. The number of para-hydroxylation sites is 1. The minimum absolute atomic E-state index is 0.131. The molecule has 0 spiro atoms. The fourth-order valence-electron chi connectivity index (χ4n) is 8.38. The van der Waals surface area contributed by atoms with Crippen molar-refractivity contribution < 1.29 is 5.11 Å². The molecule has 0 saturated heterocycles. The number of hydrogen-bond donors (Lipinski definition) is 1. The van der Waals surface area contributed by atoms with Gasteiger partial charge in [-0.05, 0) is 109 Å². The van der Waals surface area contributed by atoms with E-state index < -0.39 is 0 Å². The largest absolute Gasteiger partial charge is 0.507 e. The van der Waals surface area contributed by atoms with Gasteiger partial charge in [0.1, 0.15) is 5.75 Å². The van der Waals surface area contributed by atoms with Gasteiger partial charge in [0.2, 0.25) is 0 Å². The van der Waals surface area contributed by atoms with Crippen molar-refractivity contribution in [1.29, 1.82) is 0 Å². The summed E-state index contributed by atoms with van der Waals surface area (Å²) in [6.45, 7) is 4.63. The third-order valence-electron chi connectivity index (χ3n) is 11.4. The van der Waals surface area contributed by atoms with Crippen LogP contribution in [0.1, 0.15) is 25.0 Å².